The summed E-state index contributed by atoms with van der Waals surface area (Å²) in [6, 6.07) is 16.7. The molecule has 0 bridgehead atoms. The summed E-state index contributed by atoms with van der Waals surface area (Å²) < 4.78 is 5.80. The van der Waals surface area contributed by atoms with Gasteiger partial charge in [-0.25, -0.2) is 0 Å². The predicted molar refractivity (Wildman–Crippen MR) is 154 cm³/mol. The van der Waals surface area contributed by atoms with Crippen molar-refractivity contribution in [3.05, 3.63) is 65.9 Å². The Hall–Kier alpha value is -2.44. The van der Waals surface area contributed by atoms with Gasteiger partial charge in [-0.05, 0) is 93.9 Å². The topological polar surface area (TPSA) is 39.9 Å². The third-order valence-electron chi connectivity index (χ3n) is 8.78. The van der Waals surface area contributed by atoms with Gasteiger partial charge in [0.25, 0.3) is 5.91 Å². The zero-order valence-corrected chi connectivity index (χ0v) is 22.6. The number of anilines is 1. The first-order valence-electron chi connectivity index (χ1n) is 14.1. The molecule has 3 fully saturated rings. The molecule has 0 spiro atoms. The molecule has 0 aliphatic carbocycles. The summed E-state index contributed by atoms with van der Waals surface area (Å²) in [5, 5.41) is 1.29. The molecule has 4 heterocycles. The van der Waals surface area contributed by atoms with E-state index in [9.17, 15) is 4.79 Å². The molecular formula is C31H39N3O2S. The molecule has 2 aromatic carbocycles. The number of carbonyl (C=O) groups is 1. The fourth-order valence-electron chi connectivity index (χ4n) is 6.39. The summed E-state index contributed by atoms with van der Waals surface area (Å²) in [5.41, 5.74) is 4.49. The lowest BCUT2D eigenvalue weighted by Gasteiger charge is -2.35. The summed E-state index contributed by atoms with van der Waals surface area (Å²) >= 11 is 2.02. The van der Waals surface area contributed by atoms with Crippen molar-refractivity contribution in [2.24, 2.45) is 5.92 Å². The lowest BCUT2D eigenvalue weighted by molar-refractivity contribution is 0.0678. The Bertz CT molecular complexity index is 1170. The number of fused-ring (bicyclic) bond motifs is 1. The highest BCUT2D eigenvalue weighted by atomic mass is 32.2. The lowest BCUT2D eigenvalue weighted by Crippen LogP contribution is -2.40. The van der Waals surface area contributed by atoms with Crippen molar-refractivity contribution in [2.45, 2.75) is 38.0 Å². The van der Waals surface area contributed by atoms with Crippen LogP contribution in [0.3, 0.4) is 0 Å². The highest BCUT2D eigenvalue weighted by Crippen LogP contribution is 2.34. The van der Waals surface area contributed by atoms with Gasteiger partial charge in [0.05, 0.1) is 6.26 Å². The molecule has 0 unspecified atom stereocenters. The highest BCUT2D eigenvalue weighted by molar-refractivity contribution is 7.99. The van der Waals surface area contributed by atoms with Gasteiger partial charge in [-0.15, -0.1) is 0 Å². The van der Waals surface area contributed by atoms with Crippen molar-refractivity contribution < 1.29 is 9.21 Å². The quantitative estimate of drug-likeness (QED) is 0.395. The molecule has 6 rings (SSSR count). The van der Waals surface area contributed by atoms with Crippen LogP contribution in [-0.4, -0.2) is 73.0 Å². The van der Waals surface area contributed by atoms with Gasteiger partial charge >= 0.3 is 0 Å². The molecule has 0 saturated carbocycles. The molecule has 0 radical (unpaired) electrons. The molecule has 0 atom stereocenters. The van der Waals surface area contributed by atoms with Crippen LogP contribution in [0.15, 0.2) is 59.2 Å². The first kappa shape index (κ1) is 24.9. The maximum Gasteiger partial charge on any atom is 0.253 e. The van der Waals surface area contributed by atoms with Crippen molar-refractivity contribution in [3.8, 4) is 0 Å². The minimum absolute atomic E-state index is 0.202. The van der Waals surface area contributed by atoms with Gasteiger partial charge in [0, 0.05) is 59.9 Å². The van der Waals surface area contributed by atoms with E-state index in [2.05, 4.69) is 45.0 Å². The van der Waals surface area contributed by atoms with Crippen molar-refractivity contribution in [1.82, 2.24) is 9.80 Å². The SMILES string of the molecule is O=C(c1ccc(N2CCSCC2)cc1)N1CCC(CCN2CCC(c3coc4ccccc34)CC2)CC1. The number of thioether (sulfide) groups is 1. The Morgan fingerprint density at radius 2 is 1.59 bits per heavy atom. The second kappa shape index (κ2) is 11.5. The maximum atomic E-state index is 13.1. The number of carbonyl (C=O) groups excluding carboxylic acids is 1. The van der Waals surface area contributed by atoms with E-state index < -0.39 is 0 Å². The van der Waals surface area contributed by atoms with Gasteiger partial charge < -0.3 is 19.1 Å². The molecule has 3 aliphatic rings. The minimum atomic E-state index is 0.202. The molecular weight excluding hydrogens is 478 g/mol. The Kier molecular flexibility index (Phi) is 7.75. The Labute approximate surface area is 225 Å². The van der Waals surface area contributed by atoms with Gasteiger partial charge in [-0.3, -0.25) is 4.79 Å². The van der Waals surface area contributed by atoms with Crippen molar-refractivity contribution in [2.75, 3.05) is 62.2 Å². The largest absolute Gasteiger partial charge is 0.464 e. The Balaban J connectivity index is 0.930. The molecule has 5 nitrogen and oxygen atoms in total. The monoisotopic (exact) mass is 517 g/mol. The third kappa shape index (κ3) is 5.70. The summed E-state index contributed by atoms with van der Waals surface area (Å²) in [5.74, 6) is 3.93. The first-order chi connectivity index (χ1) is 18.2. The number of amides is 1. The first-order valence-corrected chi connectivity index (χ1v) is 15.3. The van der Waals surface area contributed by atoms with E-state index in [1.54, 1.807) is 0 Å². The standard InChI is InChI=1S/C31H39N3O2S/c35-31(26-5-7-27(8-6-26)33-19-21-37-22-20-33)34-17-10-24(11-18-34)9-14-32-15-12-25(13-16-32)29-23-36-30-4-2-1-3-28(29)30/h1-8,23-25H,9-22H2. The lowest BCUT2D eigenvalue weighted by atomic mass is 9.88. The van der Waals surface area contributed by atoms with Gasteiger partial charge in [-0.1, -0.05) is 18.2 Å². The predicted octanol–water partition coefficient (Wildman–Crippen LogP) is 6.11. The number of rotatable bonds is 6. The number of para-hydroxylation sites is 1. The second-order valence-corrected chi connectivity index (χ2v) is 12.2. The normalized spacial score (nSPS) is 20.5. The van der Waals surface area contributed by atoms with Gasteiger partial charge in [0.2, 0.25) is 0 Å². The number of benzene rings is 2. The number of hydrogen-bond acceptors (Lipinski definition) is 5. The van der Waals surface area contributed by atoms with Gasteiger partial charge in [0.1, 0.15) is 5.58 Å². The zero-order valence-electron chi connectivity index (χ0n) is 21.8. The van der Waals surface area contributed by atoms with Gasteiger partial charge in [-0.2, -0.15) is 11.8 Å². The molecule has 0 N–H and O–H groups in total. The fraction of sp³-hybridized carbons (Fsp3) is 0.516. The maximum absolute atomic E-state index is 13.1. The molecule has 3 aliphatic heterocycles. The van der Waals surface area contributed by atoms with Crippen molar-refractivity contribution in [1.29, 1.82) is 0 Å². The van der Waals surface area contributed by atoms with Crippen molar-refractivity contribution >= 4 is 34.3 Å². The van der Waals surface area contributed by atoms with Crippen LogP contribution in [0.5, 0.6) is 0 Å². The average Bonchev–Trinajstić information content (AvgIpc) is 3.41. The average molecular weight is 518 g/mol. The fourth-order valence-corrected chi connectivity index (χ4v) is 7.29. The molecule has 3 aromatic rings. The van der Waals surface area contributed by atoms with Crippen LogP contribution in [0.1, 0.15) is 53.9 Å². The zero-order chi connectivity index (χ0) is 25.0. The Morgan fingerprint density at radius 1 is 0.865 bits per heavy atom. The summed E-state index contributed by atoms with van der Waals surface area (Å²) in [4.78, 5) is 20.3. The van der Waals surface area contributed by atoms with E-state index in [0.29, 0.717) is 5.92 Å². The molecule has 6 heteroatoms. The van der Waals surface area contributed by atoms with E-state index >= 15 is 0 Å². The second-order valence-electron chi connectivity index (χ2n) is 11.0. The number of hydrogen-bond donors (Lipinski definition) is 0. The van der Waals surface area contributed by atoms with Crippen LogP contribution in [0, 0.1) is 5.92 Å². The molecule has 1 aromatic heterocycles. The molecule has 196 valence electrons. The van der Waals surface area contributed by atoms with E-state index in [0.717, 1.165) is 56.1 Å². The van der Waals surface area contributed by atoms with Crippen LogP contribution in [0.4, 0.5) is 5.69 Å². The molecule has 1 amide bonds. The van der Waals surface area contributed by atoms with Crippen LogP contribution in [0.25, 0.3) is 11.0 Å². The number of furan rings is 1. The number of piperidine rings is 2. The molecule has 37 heavy (non-hydrogen) atoms. The highest BCUT2D eigenvalue weighted by Gasteiger charge is 2.26. The summed E-state index contributed by atoms with van der Waals surface area (Å²) in [7, 11) is 0. The van der Waals surface area contributed by atoms with Crippen LogP contribution in [-0.2, 0) is 0 Å². The van der Waals surface area contributed by atoms with E-state index in [1.807, 2.05) is 36.2 Å². The smallest absolute Gasteiger partial charge is 0.253 e. The number of nitrogens with zero attached hydrogens (tertiary/aromatic N) is 3. The van der Waals surface area contributed by atoms with E-state index in [1.165, 1.54) is 67.0 Å². The Morgan fingerprint density at radius 3 is 2.35 bits per heavy atom. The van der Waals surface area contributed by atoms with E-state index in [-0.39, 0.29) is 5.91 Å². The third-order valence-corrected chi connectivity index (χ3v) is 9.73. The number of likely N-dealkylation sites (tertiary alicyclic amines) is 2. The van der Waals surface area contributed by atoms with Crippen molar-refractivity contribution in [3.63, 3.8) is 0 Å². The van der Waals surface area contributed by atoms with Crippen LogP contribution < -0.4 is 4.90 Å². The van der Waals surface area contributed by atoms with Gasteiger partial charge in [0.15, 0.2) is 0 Å². The minimum Gasteiger partial charge on any atom is -0.464 e. The van der Waals surface area contributed by atoms with Crippen LogP contribution in [0.2, 0.25) is 0 Å². The van der Waals surface area contributed by atoms with Crippen LogP contribution >= 0.6 is 11.8 Å². The summed E-state index contributed by atoms with van der Waals surface area (Å²) in [6.45, 7) is 7.53. The summed E-state index contributed by atoms with van der Waals surface area (Å²) in [6.07, 6.45) is 7.93. The van der Waals surface area contributed by atoms with E-state index in [4.69, 9.17) is 4.42 Å². The molecule has 3 saturated heterocycles.